The zero-order valence-corrected chi connectivity index (χ0v) is 8.02. The Morgan fingerprint density at radius 3 is 2.71 bits per heavy atom. The van der Waals surface area contributed by atoms with Crippen molar-refractivity contribution >= 4 is 18.7 Å². The minimum atomic E-state index is -4.38. The zero-order valence-electron chi connectivity index (χ0n) is 7.12. The van der Waals surface area contributed by atoms with Gasteiger partial charge in [0.15, 0.2) is 0 Å². The maximum Gasteiger partial charge on any atom is 0.433 e. The molecule has 1 aromatic heterocycles. The molecule has 0 radical (unpaired) electrons. The number of hydrogen-bond donors (Lipinski definition) is 1. The SMILES string of the molecule is FC(F)(F)c1cc(C=CCS)ccn1. The van der Waals surface area contributed by atoms with Gasteiger partial charge in [0.2, 0.25) is 0 Å². The van der Waals surface area contributed by atoms with Crippen molar-refractivity contribution in [2.24, 2.45) is 0 Å². The molecule has 0 aliphatic carbocycles. The molecule has 0 aromatic carbocycles. The monoisotopic (exact) mass is 219 g/mol. The predicted octanol–water partition coefficient (Wildman–Crippen LogP) is 3.04. The molecule has 1 aromatic rings. The normalized spacial score (nSPS) is 12.3. The molecule has 5 heteroatoms. The van der Waals surface area contributed by atoms with E-state index in [1.54, 1.807) is 12.2 Å². The maximum atomic E-state index is 12.2. The third-order valence-electron chi connectivity index (χ3n) is 1.49. The van der Waals surface area contributed by atoms with E-state index < -0.39 is 11.9 Å². The van der Waals surface area contributed by atoms with Crippen molar-refractivity contribution in [3.63, 3.8) is 0 Å². The molecule has 14 heavy (non-hydrogen) atoms. The van der Waals surface area contributed by atoms with Gasteiger partial charge in [0.05, 0.1) is 0 Å². The van der Waals surface area contributed by atoms with E-state index in [1.165, 1.54) is 6.07 Å². The number of aromatic nitrogens is 1. The van der Waals surface area contributed by atoms with Crippen molar-refractivity contribution in [2.75, 3.05) is 5.75 Å². The third kappa shape index (κ3) is 3.06. The summed E-state index contributed by atoms with van der Waals surface area (Å²) in [6.07, 6.45) is -0.00561. The van der Waals surface area contributed by atoms with Crippen LogP contribution in [0.15, 0.2) is 24.4 Å². The van der Waals surface area contributed by atoms with Gasteiger partial charge >= 0.3 is 6.18 Å². The first-order chi connectivity index (χ1) is 6.54. The van der Waals surface area contributed by atoms with Gasteiger partial charge in [-0.2, -0.15) is 25.8 Å². The fourth-order valence-corrected chi connectivity index (χ4v) is 1.000. The van der Waals surface area contributed by atoms with Crippen molar-refractivity contribution in [1.29, 1.82) is 0 Å². The van der Waals surface area contributed by atoms with E-state index >= 15 is 0 Å². The molecule has 0 unspecified atom stereocenters. The molecule has 0 N–H and O–H groups in total. The lowest BCUT2D eigenvalue weighted by atomic mass is 10.2. The summed E-state index contributed by atoms with van der Waals surface area (Å²) in [5.41, 5.74) is -0.403. The van der Waals surface area contributed by atoms with Crippen LogP contribution in [0.4, 0.5) is 13.2 Å². The lowest BCUT2D eigenvalue weighted by molar-refractivity contribution is -0.141. The third-order valence-corrected chi connectivity index (χ3v) is 1.70. The Labute approximate surface area is 85.1 Å². The van der Waals surface area contributed by atoms with E-state index in [-0.39, 0.29) is 0 Å². The van der Waals surface area contributed by atoms with Crippen LogP contribution in [0.25, 0.3) is 6.08 Å². The van der Waals surface area contributed by atoms with Crippen LogP contribution in [0, 0.1) is 0 Å². The first-order valence-corrected chi connectivity index (χ1v) is 4.48. The van der Waals surface area contributed by atoms with Crippen LogP contribution in [0.1, 0.15) is 11.3 Å². The molecule has 0 atom stereocenters. The van der Waals surface area contributed by atoms with Crippen LogP contribution in [0.5, 0.6) is 0 Å². The van der Waals surface area contributed by atoms with Crippen LogP contribution in [-0.4, -0.2) is 10.7 Å². The van der Waals surface area contributed by atoms with Crippen molar-refractivity contribution in [3.8, 4) is 0 Å². The number of thiol groups is 1. The van der Waals surface area contributed by atoms with Crippen molar-refractivity contribution in [3.05, 3.63) is 35.7 Å². The highest BCUT2D eigenvalue weighted by Crippen LogP contribution is 2.27. The smallest absolute Gasteiger partial charge is 0.252 e. The maximum absolute atomic E-state index is 12.2. The van der Waals surface area contributed by atoms with E-state index in [4.69, 9.17) is 0 Å². The molecule has 0 amide bonds. The van der Waals surface area contributed by atoms with E-state index in [1.807, 2.05) is 0 Å². The van der Waals surface area contributed by atoms with Gasteiger partial charge in [0.1, 0.15) is 5.69 Å². The average Bonchev–Trinajstić information content (AvgIpc) is 2.14. The number of pyridine rings is 1. The first-order valence-electron chi connectivity index (χ1n) is 3.84. The minimum absolute atomic E-state index is 0.473. The molecule has 1 heterocycles. The summed E-state index contributed by atoms with van der Waals surface area (Å²) in [6.45, 7) is 0. The van der Waals surface area contributed by atoms with Gasteiger partial charge in [-0.25, -0.2) is 0 Å². The number of halogens is 3. The fourth-order valence-electron chi connectivity index (χ4n) is 0.894. The van der Waals surface area contributed by atoms with Gasteiger partial charge in [0, 0.05) is 11.9 Å². The second-order valence-corrected chi connectivity index (χ2v) is 2.92. The van der Waals surface area contributed by atoms with Gasteiger partial charge < -0.3 is 0 Å². The largest absolute Gasteiger partial charge is 0.433 e. The predicted molar refractivity (Wildman–Crippen MR) is 52.1 cm³/mol. The standard InChI is InChI=1S/C9H8F3NS/c10-9(11,12)8-6-7(2-1-5-14)3-4-13-8/h1-4,6,14H,5H2. The van der Waals surface area contributed by atoms with Crippen LogP contribution in [0.2, 0.25) is 0 Å². The first kappa shape index (κ1) is 11.1. The number of hydrogen-bond acceptors (Lipinski definition) is 2. The van der Waals surface area contributed by atoms with Crippen LogP contribution < -0.4 is 0 Å². The molecular weight excluding hydrogens is 211 g/mol. The van der Waals surface area contributed by atoms with Crippen LogP contribution in [0.3, 0.4) is 0 Å². The van der Waals surface area contributed by atoms with E-state index in [0.717, 1.165) is 12.3 Å². The van der Waals surface area contributed by atoms with Gasteiger partial charge in [-0.15, -0.1) is 0 Å². The van der Waals surface area contributed by atoms with Crippen LogP contribution >= 0.6 is 12.6 Å². The Morgan fingerprint density at radius 1 is 1.43 bits per heavy atom. The lowest BCUT2D eigenvalue weighted by Crippen LogP contribution is -2.07. The molecule has 1 nitrogen and oxygen atoms in total. The number of nitrogens with zero attached hydrogens (tertiary/aromatic N) is 1. The molecule has 0 bridgehead atoms. The van der Waals surface area contributed by atoms with E-state index in [0.29, 0.717) is 11.3 Å². The quantitative estimate of drug-likeness (QED) is 0.754. The summed E-state index contributed by atoms with van der Waals surface area (Å²) in [5.74, 6) is 0.490. The molecule has 0 fully saturated rings. The Balaban J connectivity index is 2.96. The molecule has 0 saturated carbocycles. The highest BCUT2D eigenvalue weighted by molar-refractivity contribution is 7.80. The minimum Gasteiger partial charge on any atom is -0.252 e. The summed E-state index contributed by atoms with van der Waals surface area (Å²) in [6, 6.07) is 2.51. The summed E-state index contributed by atoms with van der Waals surface area (Å²) < 4.78 is 36.6. The lowest BCUT2D eigenvalue weighted by Gasteiger charge is -2.05. The van der Waals surface area contributed by atoms with E-state index in [2.05, 4.69) is 17.6 Å². The van der Waals surface area contributed by atoms with Gasteiger partial charge in [0.25, 0.3) is 0 Å². The molecule has 0 saturated heterocycles. The van der Waals surface area contributed by atoms with Crippen molar-refractivity contribution in [1.82, 2.24) is 4.98 Å². The molecule has 0 aliphatic rings. The van der Waals surface area contributed by atoms with Crippen molar-refractivity contribution in [2.45, 2.75) is 6.18 Å². The fraction of sp³-hybridized carbons (Fsp3) is 0.222. The summed E-state index contributed by atoms with van der Waals surface area (Å²) >= 11 is 3.91. The summed E-state index contributed by atoms with van der Waals surface area (Å²) in [4.78, 5) is 3.24. The second kappa shape index (κ2) is 4.50. The Morgan fingerprint density at radius 2 is 2.14 bits per heavy atom. The highest BCUT2D eigenvalue weighted by atomic mass is 32.1. The molecule has 0 spiro atoms. The van der Waals surface area contributed by atoms with Crippen LogP contribution in [-0.2, 0) is 6.18 Å². The van der Waals surface area contributed by atoms with Gasteiger partial charge in [-0.05, 0) is 17.7 Å². The summed E-state index contributed by atoms with van der Waals surface area (Å²) in [5, 5.41) is 0. The number of rotatable bonds is 2. The Bertz CT molecular complexity index is 333. The number of alkyl halides is 3. The van der Waals surface area contributed by atoms with E-state index in [9.17, 15) is 13.2 Å². The molecule has 76 valence electrons. The molecule has 0 aliphatic heterocycles. The van der Waals surface area contributed by atoms with Gasteiger partial charge in [-0.3, -0.25) is 4.98 Å². The Kier molecular flexibility index (Phi) is 3.57. The zero-order chi connectivity index (χ0) is 10.6. The second-order valence-electron chi connectivity index (χ2n) is 2.56. The molecular formula is C9H8F3NS. The average molecular weight is 219 g/mol. The summed E-state index contributed by atoms with van der Waals surface area (Å²) in [7, 11) is 0. The molecule has 1 rings (SSSR count). The van der Waals surface area contributed by atoms with Gasteiger partial charge in [-0.1, -0.05) is 12.2 Å². The van der Waals surface area contributed by atoms with Crippen molar-refractivity contribution < 1.29 is 13.2 Å². The topological polar surface area (TPSA) is 12.9 Å². The highest BCUT2D eigenvalue weighted by Gasteiger charge is 2.32. The Hall–Kier alpha value is -0.970.